The molecule has 0 spiro atoms. The van der Waals surface area contributed by atoms with Crippen molar-refractivity contribution >= 4 is 56.5 Å². The zero-order valence-corrected chi connectivity index (χ0v) is 29.4. The van der Waals surface area contributed by atoms with Gasteiger partial charge >= 0.3 is 0 Å². The summed E-state index contributed by atoms with van der Waals surface area (Å²) < 4.78 is 21.0. The number of benzene rings is 5. The number of allylic oxidation sites excluding steroid dienone is 1. The molecule has 0 radical (unpaired) electrons. The average Bonchev–Trinajstić information content (AvgIpc) is 3.43. The summed E-state index contributed by atoms with van der Waals surface area (Å²) in [7, 11) is 3.31. The van der Waals surface area contributed by atoms with Crippen molar-refractivity contribution < 1.29 is 14.2 Å². The molecule has 0 saturated carbocycles. The van der Waals surface area contributed by atoms with Gasteiger partial charge in [0.15, 0.2) is 16.3 Å². The zero-order chi connectivity index (χ0) is 32.8. The lowest BCUT2D eigenvalue weighted by molar-refractivity contribution is 0.283. The molecule has 1 aliphatic heterocycles. The number of hydrogen-bond donors (Lipinski definition) is 0. The molecule has 2 aliphatic rings. The number of ether oxygens (including phenoxy) is 3. The van der Waals surface area contributed by atoms with E-state index in [0.717, 1.165) is 50.1 Å². The first-order valence-corrected chi connectivity index (χ1v) is 17.7. The summed E-state index contributed by atoms with van der Waals surface area (Å²) in [6.07, 6.45) is 3.69. The molecule has 5 aromatic carbocycles. The fourth-order valence-corrected chi connectivity index (χ4v) is 8.57. The number of hydrogen-bond acceptors (Lipinski definition) is 6. The van der Waals surface area contributed by atoms with Gasteiger partial charge in [0.05, 0.1) is 34.1 Å². The lowest BCUT2D eigenvalue weighted by Crippen LogP contribution is -2.38. The summed E-state index contributed by atoms with van der Waals surface area (Å²) in [5.74, 6) is 2.07. The second-order valence-electron chi connectivity index (χ2n) is 11.8. The molecule has 1 unspecified atom stereocenters. The highest BCUT2D eigenvalue weighted by Crippen LogP contribution is 2.41. The maximum absolute atomic E-state index is 14.3. The van der Waals surface area contributed by atoms with E-state index in [4.69, 9.17) is 19.2 Å². The summed E-state index contributed by atoms with van der Waals surface area (Å²) in [5, 5.41) is 2.34. The van der Waals surface area contributed by atoms with Crippen molar-refractivity contribution in [3.05, 3.63) is 160 Å². The molecule has 1 aliphatic carbocycles. The Kier molecular flexibility index (Phi) is 8.14. The molecule has 1 aromatic heterocycles. The Balaban J connectivity index is 1.20. The van der Waals surface area contributed by atoms with Gasteiger partial charge in [0.25, 0.3) is 5.56 Å². The van der Waals surface area contributed by atoms with Gasteiger partial charge in [-0.05, 0) is 104 Å². The van der Waals surface area contributed by atoms with Crippen molar-refractivity contribution in [3.8, 4) is 17.2 Å². The standard InChI is InChI=1S/C40H31IN2O4S/c1-45-29-17-14-27(15-18-29)37-32-19-16-26-9-4-6-13-31(26)36(32)42-40-43(37)39(44)35(48-40)22-24-20-33(41)38(34(21-24)46-2)47-23-28-11-7-10-25-8-3-5-12-30(25)28/h3-15,17-18,20-22,37H,16,19,23H2,1-2H3. The minimum absolute atomic E-state index is 0.0600. The first kappa shape index (κ1) is 30.7. The van der Waals surface area contributed by atoms with Crippen molar-refractivity contribution in [2.45, 2.75) is 25.5 Å². The minimum atomic E-state index is -0.253. The van der Waals surface area contributed by atoms with Crippen LogP contribution in [0.2, 0.25) is 0 Å². The Morgan fingerprint density at radius 1 is 0.917 bits per heavy atom. The molecule has 6 aromatic rings. The summed E-state index contributed by atoms with van der Waals surface area (Å²) >= 11 is 3.70. The monoisotopic (exact) mass is 762 g/mol. The molecule has 0 amide bonds. The molecule has 0 N–H and O–H groups in total. The fraction of sp³-hybridized carbons (Fsp3) is 0.150. The third kappa shape index (κ3) is 5.42. The maximum atomic E-state index is 14.3. The van der Waals surface area contributed by atoms with Crippen LogP contribution >= 0.6 is 33.9 Å². The number of halogens is 1. The van der Waals surface area contributed by atoms with E-state index in [1.165, 1.54) is 33.2 Å². The molecule has 0 saturated heterocycles. The first-order chi connectivity index (χ1) is 23.5. The van der Waals surface area contributed by atoms with Gasteiger partial charge in [-0.3, -0.25) is 9.36 Å². The molecular formula is C40H31IN2O4S. The van der Waals surface area contributed by atoms with Crippen LogP contribution in [0.15, 0.2) is 118 Å². The highest BCUT2D eigenvalue weighted by atomic mass is 127. The second kappa shape index (κ2) is 12.7. The Hall–Kier alpha value is -4.67. The molecule has 0 bridgehead atoms. The minimum Gasteiger partial charge on any atom is -0.497 e. The summed E-state index contributed by atoms with van der Waals surface area (Å²) in [5.41, 5.74) is 7.52. The van der Waals surface area contributed by atoms with E-state index < -0.39 is 0 Å². The Morgan fingerprint density at radius 2 is 1.71 bits per heavy atom. The van der Waals surface area contributed by atoms with Gasteiger partial charge in [0.1, 0.15) is 12.4 Å². The van der Waals surface area contributed by atoms with E-state index in [1.54, 1.807) is 14.2 Å². The first-order valence-electron chi connectivity index (χ1n) is 15.8. The van der Waals surface area contributed by atoms with Gasteiger partial charge in [0.2, 0.25) is 0 Å². The third-order valence-corrected chi connectivity index (χ3v) is 10.9. The van der Waals surface area contributed by atoms with Gasteiger partial charge in [-0.15, -0.1) is 0 Å². The predicted octanol–water partition coefficient (Wildman–Crippen LogP) is 7.67. The smallest absolute Gasteiger partial charge is 0.271 e. The average molecular weight is 763 g/mol. The topological polar surface area (TPSA) is 62.0 Å². The van der Waals surface area contributed by atoms with E-state index >= 15 is 0 Å². The quantitative estimate of drug-likeness (QED) is 0.157. The van der Waals surface area contributed by atoms with Crippen LogP contribution in [0.1, 0.15) is 40.3 Å². The van der Waals surface area contributed by atoms with Crippen LogP contribution in [0.4, 0.5) is 0 Å². The largest absolute Gasteiger partial charge is 0.497 e. The van der Waals surface area contributed by atoms with Crippen molar-refractivity contribution in [1.29, 1.82) is 0 Å². The van der Waals surface area contributed by atoms with Gasteiger partial charge in [-0.2, -0.15) is 0 Å². The highest BCUT2D eigenvalue weighted by Gasteiger charge is 2.32. The Morgan fingerprint density at radius 3 is 2.54 bits per heavy atom. The van der Waals surface area contributed by atoms with Gasteiger partial charge in [-0.25, -0.2) is 4.99 Å². The molecule has 2 heterocycles. The van der Waals surface area contributed by atoms with Crippen LogP contribution in [0, 0.1) is 3.57 Å². The highest BCUT2D eigenvalue weighted by molar-refractivity contribution is 14.1. The Bertz CT molecular complexity index is 2420. The van der Waals surface area contributed by atoms with Gasteiger partial charge in [-0.1, -0.05) is 90.2 Å². The molecule has 0 fully saturated rings. The number of aromatic nitrogens is 1. The van der Waals surface area contributed by atoms with Gasteiger partial charge < -0.3 is 14.2 Å². The number of methoxy groups -OCH3 is 2. The molecule has 8 rings (SSSR count). The predicted molar refractivity (Wildman–Crippen MR) is 200 cm³/mol. The summed E-state index contributed by atoms with van der Waals surface area (Å²) in [4.78, 5) is 20.1. The van der Waals surface area contributed by atoms with E-state index in [9.17, 15) is 4.79 Å². The van der Waals surface area contributed by atoms with Crippen molar-refractivity contribution in [2.75, 3.05) is 14.2 Å². The number of aryl methyl sites for hydroxylation is 1. The van der Waals surface area contributed by atoms with Crippen LogP contribution in [0.25, 0.3) is 22.5 Å². The van der Waals surface area contributed by atoms with Crippen LogP contribution < -0.4 is 29.1 Å². The van der Waals surface area contributed by atoms with E-state index in [2.05, 4.69) is 89.3 Å². The molecular weight excluding hydrogens is 731 g/mol. The summed E-state index contributed by atoms with van der Waals surface area (Å²) in [6.45, 7) is 0.408. The van der Waals surface area contributed by atoms with Crippen molar-refractivity contribution in [1.82, 2.24) is 4.57 Å². The lowest BCUT2D eigenvalue weighted by atomic mass is 9.83. The van der Waals surface area contributed by atoms with Gasteiger partial charge in [0, 0.05) is 5.56 Å². The molecule has 8 heteroatoms. The third-order valence-electron chi connectivity index (χ3n) is 9.11. The molecule has 48 heavy (non-hydrogen) atoms. The van der Waals surface area contributed by atoms with E-state index in [-0.39, 0.29) is 11.6 Å². The number of rotatable bonds is 7. The maximum Gasteiger partial charge on any atom is 0.271 e. The molecule has 6 nitrogen and oxygen atoms in total. The van der Waals surface area contributed by atoms with E-state index in [1.807, 2.05) is 47.0 Å². The number of fused-ring (bicyclic) bond motifs is 4. The number of nitrogens with zero attached hydrogens (tertiary/aromatic N) is 2. The fourth-order valence-electron chi connectivity index (χ4n) is 6.79. The molecule has 1 atom stereocenters. The SMILES string of the molecule is COc1ccc(C2C3=C(N=c4sc(=Cc5cc(I)c(OCc6cccc7ccccc67)c(OC)c5)c(=O)n42)c2ccccc2CC3)cc1. The van der Waals surface area contributed by atoms with Crippen LogP contribution in [-0.4, -0.2) is 18.8 Å². The van der Waals surface area contributed by atoms with E-state index in [0.29, 0.717) is 27.4 Å². The van der Waals surface area contributed by atoms with Crippen molar-refractivity contribution in [2.24, 2.45) is 4.99 Å². The zero-order valence-electron chi connectivity index (χ0n) is 26.4. The lowest BCUT2D eigenvalue weighted by Gasteiger charge is -2.30. The normalized spacial score (nSPS) is 15.4. The van der Waals surface area contributed by atoms with Crippen LogP contribution in [-0.2, 0) is 13.0 Å². The second-order valence-corrected chi connectivity index (χ2v) is 14.0. The summed E-state index contributed by atoms with van der Waals surface area (Å²) in [6, 6.07) is 34.8. The Labute approximate surface area is 295 Å². The van der Waals surface area contributed by atoms with Crippen LogP contribution in [0.3, 0.4) is 0 Å². The molecule has 238 valence electrons. The number of thiazole rings is 1. The van der Waals surface area contributed by atoms with Crippen molar-refractivity contribution in [3.63, 3.8) is 0 Å². The van der Waals surface area contributed by atoms with Crippen LogP contribution in [0.5, 0.6) is 17.2 Å².